The van der Waals surface area contributed by atoms with Crippen molar-refractivity contribution in [1.29, 1.82) is 0 Å². The summed E-state index contributed by atoms with van der Waals surface area (Å²) in [5.74, 6) is -1.26. The number of aromatic nitrogens is 1. The molecule has 2 N–H and O–H groups in total. The second kappa shape index (κ2) is 9.42. The van der Waals surface area contributed by atoms with Crippen LogP contribution in [0.1, 0.15) is 32.8 Å². The van der Waals surface area contributed by atoms with Crippen LogP contribution in [0.4, 0.5) is 4.39 Å². The zero-order chi connectivity index (χ0) is 19.8. The fourth-order valence-electron chi connectivity index (χ4n) is 2.96. The number of rotatable bonds is 4. The number of hydrogen-bond acceptors (Lipinski definition) is 4. The second-order valence-corrected chi connectivity index (χ2v) is 6.08. The summed E-state index contributed by atoms with van der Waals surface area (Å²) in [6, 6.07) is 9.45. The van der Waals surface area contributed by atoms with Gasteiger partial charge in [-0.25, -0.2) is 14.2 Å². The van der Waals surface area contributed by atoms with Crippen LogP contribution in [0.25, 0.3) is 0 Å². The third-order valence-electron chi connectivity index (χ3n) is 4.24. The van der Waals surface area contributed by atoms with E-state index in [1.165, 1.54) is 12.1 Å². The molecule has 1 unspecified atom stereocenters. The first-order valence-electron chi connectivity index (χ1n) is 8.25. The monoisotopic (exact) mass is 374 g/mol. The van der Waals surface area contributed by atoms with Gasteiger partial charge in [0.1, 0.15) is 11.5 Å². The number of carbonyl (C=O) groups excluding carboxylic acids is 1. The summed E-state index contributed by atoms with van der Waals surface area (Å²) in [5, 5.41) is 15.8. The van der Waals surface area contributed by atoms with Gasteiger partial charge in [-0.2, -0.15) is 0 Å². The Balaban J connectivity index is 0.000000817. The predicted molar refractivity (Wildman–Crippen MR) is 94.0 cm³/mol. The second-order valence-electron chi connectivity index (χ2n) is 6.08. The van der Waals surface area contributed by atoms with Gasteiger partial charge in [0.05, 0.1) is 11.8 Å². The fourth-order valence-corrected chi connectivity index (χ4v) is 2.96. The molecule has 1 aliphatic heterocycles. The normalized spacial score (nSPS) is 15.6. The van der Waals surface area contributed by atoms with Crippen LogP contribution in [0.15, 0.2) is 42.6 Å². The number of nitrogens with zero attached hydrogens (tertiary/aromatic N) is 2. The van der Waals surface area contributed by atoms with Crippen LogP contribution in [0.2, 0.25) is 0 Å². The van der Waals surface area contributed by atoms with E-state index in [1.807, 2.05) is 12.1 Å². The molecule has 142 valence electrons. The molecule has 27 heavy (non-hydrogen) atoms. The Morgan fingerprint density at radius 1 is 1.22 bits per heavy atom. The van der Waals surface area contributed by atoms with E-state index >= 15 is 0 Å². The molecule has 7 nitrogen and oxygen atoms in total. The molecule has 1 saturated heterocycles. The van der Waals surface area contributed by atoms with Crippen molar-refractivity contribution in [3.8, 4) is 0 Å². The van der Waals surface area contributed by atoms with Gasteiger partial charge in [-0.05, 0) is 48.6 Å². The molecule has 2 heterocycles. The van der Waals surface area contributed by atoms with Crippen molar-refractivity contribution in [2.75, 3.05) is 13.1 Å². The highest BCUT2D eigenvalue weighted by molar-refractivity contribution is 5.92. The minimum Gasteiger partial charge on any atom is -0.483 e. The topological polar surface area (TPSA) is 108 Å². The summed E-state index contributed by atoms with van der Waals surface area (Å²) < 4.78 is 12.9. The van der Waals surface area contributed by atoms with Crippen molar-refractivity contribution in [3.63, 3.8) is 0 Å². The quantitative estimate of drug-likeness (QED) is 0.795. The molecular formula is C19H19FN2O5. The highest BCUT2D eigenvalue weighted by Crippen LogP contribution is 2.22. The van der Waals surface area contributed by atoms with Crippen molar-refractivity contribution in [2.24, 2.45) is 5.92 Å². The van der Waals surface area contributed by atoms with Crippen molar-refractivity contribution < 1.29 is 29.0 Å². The Morgan fingerprint density at radius 2 is 1.89 bits per heavy atom. The maximum atomic E-state index is 12.9. The number of carboxylic acids is 1. The largest absolute Gasteiger partial charge is 0.483 e. The first kappa shape index (κ1) is 20.0. The lowest BCUT2D eigenvalue weighted by molar-refractivity contribution is -0.122. The molecule has 8 heteroatoms. The SMILES string of the molecule is O=C(O)c1ccc(CC2CCN(C(=O)c3ccc(F)cn3)C2)cc1.O=CO. The lowest BCUT2D eigenvalue weighted by atomic mass is 9.98. The van der Waals surface area contributed by atoms with Crippen LogP contribution < -0.4 is 0 Å². The van der Waals surface area contributed by atoms with Crippen LogP contribution in [-0.2, 0) is 11.2 Å². The van der Waals surface area contributed by atoms with Crippen LogP contribution >= 0.6 is 0 Å². The fraction of sp³-hybridized carbons (Fsp3) is 0.263. The molecule has 1 aromatic carbocycles. The molecule has 0 saturated carbocycles. The third kappa shape index (κ3) is 5.60. The summed E-state index contributed by atoms with van der Waals surface area (Å²) in [7, 11) is 0. The summed E-state index contributed by atoms with van der Waals surface area (Å²) in [6.45, 7) is 1.02. The van der Waals surface area contributed by atoms with Gasteiger partial charge in [-0.1, -0.05) is 12.1 Å². The number of aromatic carboxylic acids is 1. The Kier molecular flexibility index (Phi) is 6.99. The van der Waals surface area contributed by atoms with Gasteiger partial charge in [-0.3, -0.25) is 9.59 Å². The van der Waals surface area contributed by atoms with Gasteiger partial charge in [0.2, 0.25) is 0 Å². The molecule has 1 amide bonds. The van der Waals surface area contributed by atoms with E-state index < -0.39 is 11.8 Å². The molecular weight excluding hydrogens is 355 g/mol. The number of halogens is 1. The van der Waals surface area contributed by atoms with Gasteiger partial charge >= 0.3 is 5.97 Å². The first-order valence-corrected chi connectivity index (χ1v) is 8.25. The molecule has 1 atom stereocenters. The van der Waals surface area contributed by atoms with Crippen molar-refractivity contribution >= 4 is 18.3 Å². The predicted octanol–water partition coefficient (Wildman–Crippen LogP) is 2.32. The number of pyridine rings is 1. The molecule has 0 spiro atoms. The molecule has 1 fully saturated rings. The lowest BCUT2D eigenvalue weighted by Gasteiger charge is -2.16. The lowest BCUT2D eigenvalue weighted by Crippen LogP contribution is -2.29. The number of hydrogen-bond donors (Lipinski definition) is 2. The Labute approximate surface area is 155 Å². The van der Waals surface area contributed by atoms with Gasteiger partial charge in [0.15, 0.2) is 0 Å². The summed E-state index contributed by atoms with van der Waals surface area (Å²) in [5.41, 5.74) is 1.58. The average Bonchev–Trinajstić information content (AvgIpc) is 3.11. The maximum absolute atomic E-state index is 12.9. The highest BCUT2D eigenvalue weighted by atomic mass is 19.1. The zero-order valence-corrected chi connectivity index (χ0v) is 14.4. The standard InChI is InChI=1S/C18H17FN2O3.CH2O2/c19-15-5-6-16(20-10-15)17(22)21-8-7-13(11-21)9-12-1-3-14(4-2-12)18(23)24;2-1-3/h1-6,10,13H,7-9,11H2,(H,23,24);1H,(H,2,3). The third-order valence-corrected chi connectivity index (χ3v) is 4.24. The van der Waals surface area contributed by atoms with E-state index in [4.69, 9.17) is 15.0 Å². The van der Waals surface area contributed by atoms with Crippen molar-refractivity contribution in [3.05, 3.63) is 65.2 Å². The van der Waals surface area contributed by atoms with Crippen LogP contribution in [0, 0.1) is 11.7 Å². The van der Waals surface area contributed by atoms with E-state index in [0.29, 0.717) is 19.0 Å². The van der Waals surface area contributed by atoms with E-state index in [2.05, 4.69) is 4.98 Å². The van der Waals surface area contributed by atoms with Crippen molar-refractivity contribution in [1.82, 2.24) is 9.88 Å². The molecule has 0 bridgehead atoms. The van der Waals surface area contributed by atoms with E-state index in [1.54, 1.807) is 17.0 Å². The molecule has 0 aliphatic carbocycles. The van der Waals surface area contributed by atoms with Gasteiger partial charge in [0, 0.05) is 13.1 Å². The summed E-state index contributed by atoms with van der Waals surface area (Å²) >= 11 is 0. The molecule has 3 rings (SSSR count). The zero-order valence-electron chi connectivity index (χ0n) is 14.4. The van der Waals surface area contributed by atoms with Gasteiger partial charge in [-0.15, -0.1) is 0 Å². The van der Waals surface area contributed by atoms with E-state index in [9.17, 15) is 14.0 Å². The Hall–Kier alpha value is -3.29. The molecule has 0 radical (unpaired) electrons. The summed E-state index contributed by atoms with van der Waals surface area (Å²) in [4.78, 5) is 37.1. The molecule has 1 aromatic heterocycles. The minimum atomic E-state index is -0.939. The maximum Gasteiger partial charge on any atom is 0.335 e. The van der Waals surface area contributed by atoms with Gasteiger partial charge in [0.25, 0.3) is 12.4 Å². The van der Waals surface area contributed by atoms with E-state index in [0.717, 1.165) is 24.6 Å². The highest BCUT2D eigenvalue weighted by Gasteiger charge is 2.27. The van der Waals surface area contributed by atoms with Gasteiger partial charge < -0.3 is 15.1 Å². The first-order chi connectivity index (χ1) is 12.9. The number of amides is 1. The molecule has 2 aromatic rings. The van der Waals surface area contributed by atoms with Crippen LogP contribution in [0.3, 0.4) is 0 Å². The van der Waals surface area contributed by atoms with Crippen LogP contribution in [0.5, 0.6) is 0 Å². The Bertz CT molecular complexity index is 793. The number of benzene rings is 1. The average molecular weight is 374 g/mol. The van der Waals surface area contributed by atoms with Crippen LogP contribution in [-0.4, -0.2) is 51.5 Å². The number of likely N-dealkylation sites (tertiary alicyclic amines) is 1. The van der Waals surface area contributed by atoms with Crippen molar-refractivity contribution in [2.45, 2.75) is 12.8 Å². The van der Waals surface area contributed by atoms with E-state index in [-0.39, 0.29) is 23.6 Å². The minimum absolute atomic E-state index is 0.182. The Morgan fingerprint density at radius 3 is 2.44 bits per heavy atom. The number of carbonyl (C=O) groups is 3. The number of carboxylic acid groups (broad SMARTS) is 2. The smallest absolute Gasteiger partial charge is 0.335 e. The molecule has 1 aliphatic rings. The summed E-state index contributed by atoms with van der Waals surface area (Å²) in [6.07, 6.45) is 2.72.